The van der Waals surface area contributed by atoms with Crippen LogP contribution in [-0.2, 0) is 11.4 Å². The Bertz CT molecular complexity index is 516. The number of carbonyl (C=O) groups excluding carboxylic acids is 1. The minimum atomic E-state index is -0.608. The lowest BCUT2D eigenvalue weighted by Gasteiger charge is -2.17. The van der Waals surface area contributed by atoms with Gasteiger partial charge in [-0.15, -0.1) is 0 Å². The van der Waals surface area contributed by atoms with E-state index in [1.54, 1.807) is 0 Å². The van der Waals surface area contributed by atoms with Gasteiger partial charge in [-0.3, -0.25) is 14.9 Å². The molecule has 1 amide bonds. The molecule has 1 atom stereocenters. The number of nitrogens with one attached hydrogen (secondary N) is 1. The van der Waals surface area contributed by atoms with Crippen LogP contribution in [0.5, 0.6) is 5.75 Å². The summed E-state index contributed by atoms with van der Waals surface area (Å²) in [5.74, 6) is -0.0478. The van der Waals surface area contributed by atoms with Crippen LogP contribution in [0, 0.1) is 16.0 Å². The first-order valence-electron chi connectivity index (χ1n) is 6.65. The van der Waals surface area contributed by atoms with Gasteiger partial charge in [0.15, 0.2) is 12.4 Å². The Balaban J connectivity index is 2.71. The zero-order valence-corrected chi connectivity index (χ0v) is 12.3. The van der Waals surface area contributed by atoms with Crippen LogP contribution in [0.15, 0.2) is 18.2 Å². The lowest BCUT2D eigenvalue weighted by atomic mass is 10.1. The average molecular weight is 296 g/mol. The molecule has 116 valence electrons. The molecule has 21 heavy (non-hydrogen) atoms. The van der Waals surface area contributed by atoms with Crippen molar-refractivity contribution in [2.75, 3.05) is 6.61 Å². The summed E-state index contributed by atoms with van der Waals surface area (Å²) in [6, 6.07) is 4.11. The SMILES string of the molecule is CC(C)C(C)NC(=O)COc1ccc(CO)cc1[N+](=O)[O-]. The van der Waals surface area contributed by atoms with E-state index in [0.29, 0.717) is 5.56 Å². The number of carbonyl (C=O) groups is 1. The maximum Gasteiger partial charge on any atom is 0.311 e. The first kappa shape index (κ1) is 16.9. The first-order chi connectivity index (χ1) is 9.85. The van der Waals surface area contributed by atoms with Gasteiger partial charge in [0.25, 0.3) is 5.91 Å². The van der Waals surface area contributed by atoms with Crippen LogP contribution in [0.3, 0.4) is 0 Å². The van der Waals surface area contributed by atoms with Crippen molar-refractivity contribution in [2.24, 2.45) is 5.92 Å². The number of benzene rings is 1. The van der Waals surface area contributed by atoms with Crippen LogP contribution in [0.25, 0.3) is 0 Å². The number of amides is 1. The number of nitro groups is 1. The zero-order chi connectivity index (χ0) is 16.0. The second-order valence-corrected chi connectivity index (χ2v) is 5.11. The summed E-state index contributed by atoms with van der Waals surface area (Å²) >= 11 is 0. The fourth-order valence-corrected chi connectivity index (χ4v) is 1.53. The lowest BCUT2D eigenvalue weighted by molar-refractivity contribution is -0.385. The van der Waals surface area contributed by atoms with E-state index in [9.17, 15) is 14.9 Å². The predicted octanol–water partition coefficient (Wildman–Crippen LogP) is 1.63. The number of nitro benzene ring substituents is 1. The van der Waals surface area contributed by atoms with Crippen LogP contribution >= 0.6 is 0 Å². The first-order valence-corrected chi connectivity index (χ1v) is 6.65. The Morgan fingerprint density at radius 3 is 2.62 bits per heavy atom. The second kappa shape index (κ2) is 7.58. The Labute approximate surface area is 123 Å². The lowest BCUT2D eigenvalue weighted by Crippen LogP contribution is -2.39. The highest BCUT2D eigenvalue weighted by Gasteiger charge is 2.18. The summed E-state index contributed by atoms with van der Waals surface area (Å²) in [7, 11) is 0. The number of rotatable bonds is 7. The summed E-state index contributed by atoms with van der Waals surface area (Å²) in [4.78, 5) is 22.0. The number of aliphatic hydroxyl groups excluding tert-OH is 1. The van der Waals surface area contributed by atoms with Gasteiger partial charge < -0.3 is 15.2 Å². The van der Waals surface area contributed by atoms with Crippen molar-refractivity contribution >= 4 is 11.6 Å². The maximum atomic E-state index is 11.7. The van der Waals surface area contributed by atoms with Gasteiger partial charge in [-0.2, -0.15) is 0 Å². The van der Waals surface area contributed by atoms with Crippen molar-refractivity contribution in [3.8, 4) is 5.75 Å². The molecule has 0 aliphatic carbocycles. The van der Waals surface area contributed by atoms with Gasteiger partial charge in [-0.25, -0.2) is 0 Å². The van der Waals surface area contributed by atoms with Crippen LogP contribution in [0.4, 0.5) is 5.69 Å². The monoisotopic (exact) mass is 296 g/mol. The van der Waals surface area contributed by atoms with Crippen molar-refractivity contribution in [3.05, 3.63) is 33.9 Å². The zero-order valence-electron chi connectivity index (χ0n) is 12.3. The number of ether oxygens (including phenoxy) is 1. The summed E-state index contributed by atoms with van der Waals surface area (Å²) in [6.45, 7) is 5.24. The van der Waals surface area contributed by atoms with E-state index in [2.05, 4.69) is 5.32 Å². The maximum absolute atomic E-state index is 11.7. The normalized spacial score (nSPS) is 12.0. The molecule has 0 radical (unpaired) electrons. The molecule has 0 spiro atoms. The van der Waals surface area contributed by atoms with E-state index < -0.39 is 4.92 Å². The Hall–Kier alpha value is -2.15. The minimum absolute atomic E-state index is 0.00421. The highest BCUT2D eigenvalue weighted by molar-refractivity contribution is 5.78. The molecule has 0 aliphatic heterocycles. The number of hydrogen-bond acceptors (Lipinski definition) is 5. The molecular weight excluding hydrogens is 276 g/mol. The molecule has 1 aromatic carbocycles. The minimum Gasteiger partial charge on any atom is -0.477 e. The van der Waals surface area contributed by atoms with Crippen molar-refractivity contribution in [2.45, 2.75) is 33.4 Å². The topological polar surface area (TPSA) is 102 Å². The predicted molar refractivity (Wildman–Crippen MR) is 77.0 cm³/mol. The highest BCUT2D eigenvalue weighted by atomic mass is 16.6. The van der Waals surface area contributed by atoms with E-state index in [0.717, 1.165) is 0 Å². The smallest absolute Gasteiger partial charge is 0.311 e. The van der Waals surface area contributed by atoms with E-state index in [-0.39, 0.29) is 42.5 Å². The standard InChI is InChI=1S/C14H20N2O5/c1-9(2)10(3)15-14(18)8-21-13-5-4-11(7-17)6-12(13)16(19)20/h4-6,9-10,17H,7-8H2,1-3H3,(H,15,18). The molecule has 0 bridgehead atoms. The molecular formula is C14H20N2O5. The van der Waals surface area contributed by atoms with Gasteiger partial charge in [-0.05, 0) is 24.5 Å². The van der Waals surface area contributed by atoms with Gasteiger partial charge in [0.05, 0.1) is 11.5 Å². The largest absolute Gasteiger partial charge is 0.477 e. The van der Waals surface area contributed by atoms with Gasteiger partial charge >= 0.3 is 5.69 Å². The number of hydrogen-bond donors (Lipinski definition) is 2. The van der Waals surface area contributed by atoms with Crippen LogP contribution in [0.1, 0.15) is 26.3 Å². The van der Waals surface area contributed by atoms with E-state index in [4.69, 9.17) is 9.84 Å². The van der Waals surface area contributed by atoms with Gasteiger partial charge in [0, 0.05) is 12.1 Å². The number of nitrogens with zero attached hydrogens (tertiary/aromatic N) is 1. The average Bonchev–Trinajstić information content (AvgIpc) is 2.44. The molecule has 0 fully saturated rings. The van der Waals surface area contributed by atoms with Crippen molar-refractivity contribution in [1.29, 1.82) is 0 Å². The van der Waals surface area contributed by atoms with Gasteiger partial charge in [0.1, 0.15) is 0 Å². The molecule has 7 heteroatoms. The fraction of sp³-hybridized carbons (Fsp3) is 0.500. The van der Waals surface area contributed by atoms with Crippen LogP contribution in [0.2, 0.25) is 0 Å². The number of aliphatic hydroxyl groups is 1. The van der Waals surface area contributed by atoms with Crippen molar-refractivity contribution in [3.63, 3.8) is 0 Å². The molecule has 0 saturated heterocycles. The third-order valence-electron chi connectivity index (χ3n) is 3.15. The van der Waals surface area contributed by atoms with E-state index in [1.807, 2.05) is 20.8 Å². The summed E-state index contributed by atoms with van der Waals surface area (Å²) < 4.78 is 5.21. The molecule has 0 saturated carbocycles. The summed E-state index contributed by atoms with van der Waals surface area (Å²) in [6.07, 6.45) is 0. The van der Waals surface area contributed by atoms with E-state index >= 15 is 0 Å². The van der Waals surface area contributed by atoms with Crippen LogP contribution < -0.4 is 10.1 Å². The third kappa shape index (κ3) is 5.03. The quantitative estimate of drug-likeness (QED) is 0.588. The summed E-state index contributed by atoms with van der Waals surface area (Å²) in [5, 5.41) is 22.7. The Morgan fingerprint density at radius 1 is 1.43 bits per heavy atom. The van der Waals surface area contributed by atoms with Crippen molar-refractivity contribution < 1.29 is 19.6 Å². The van der Waals surface area contributed by atoms with Gasteiger partial charge in [-0.1, -0.05) is 19.9 Å². The Morgan fingerprint density at radius 2 is 2.10 bits per heavy atom. The molecule has 0 aromatic heterocycles. The molecule has 0 aliphatic rings. The van der Waals surface area contributed by atoms with Crippen molar-refractivity contribution in [1.82, 2.24) is 5.32 Å². The summed E-state index contributed by atoms with van der Waals surface area (Å²) in [5.41, 5.74) is 0.137. The molecule has 7 nitrogen and oxygen atoms in total. The Kier molecular flexibility index (Phi) is 6.10. The second-order valence-electron chi connectivity index (χ2n) is 5.11. The molecule has 1 rings (SSSR count). The third-order valence-corrected chi connectivity index (χ3v) is 3.15. The van der Waals surface area contributed by atoms with Crippen LogP contribution in [-0.4, -0.2) is 28.6 Å². The van der Waals surface area contributed by atoms with E-state index in [1.165, 1.54) is 18.2 Å². The molecule has 0 heterocycles. The molecule has 2 N–H and O–H groups in total. The molecule has 1 unspecified atom stereocenters. The fourth-order valence-electron chi connectivity index (χ4n) is 1.53. The van der Waals surface area contributed by atoms with Gasteiger partial charge in [0.2, 0.25) is 0 Å². The highest BCUT2D eigenvalue weighted by Crippen LogP contribution is 2.27. The molecule has 1 aromatic rings.